The quantitative estimate of drug-likeness (QED) is 0.548. The molecule has 2 fully saturated rings. The molecule has 8 heteroatoms. The van der Waals surface area contributed by atoms with Crippen LogP contribution < -0.4 is 5.73 Å². The largest absolute Gasteiger partial charge is 0.381 e. The van der Waals surface area contributed by atoms with Crippen LogP contribution in [0.25, 0.3) is 11.0 Å². The normalized spacial score (nSPS) is 25.1. The lowest BCUT2D eigenvalue weighted by Crippen LogP contribution is -2.24. The topological polar surface area (TPSA) is 110 Å². The molecule has 2 aromatic heterocycles. The molecule has 3 heterocycles. The smallest absolute Gasteiger partial charge is 0.267 e. The first-order chi connectivity index (χ1) is 15.5. The van der Waals surface area contributed by atoms with Crippen molar-refractivity contribution in [1.82, 2.24) is 20.2 Å². The number of carbonyl (C=O) groups excluding carboxylic acids is 1. The van der Waals surface area contributed by atoms with Crippen LogP contribution in [0.15, 0.2) is 18.3 Å². The third kappa shape index (κ3) is 3.81. The maximum Gasteiger partial charge on any atom is 0.267 e. The van der Waals surface area contributed by atoms with E-state index >= 15 is 4.39 Å². The van der Waals surface area contributed by atoms with Crippen LogP contribution in [-0.2, 0) is 4.74 Å². The SMILES string of the molecule is CC1CCC([C@H](c2nc3c(F)c(C4CCCOC4)ccc3[nH]2)c2cn[nH]c2C(N)=O)CC1. The van der Waals surface area contributed by atoms with Crippen molar-refractivity contribution in [3.8, 4) is 0 Å². The van der Waals surface area contributed by atoms with Gasteiger partial charge >= 0.3 is 0 Å². The van der Waals surface area contributed by atoms with Crippen LogP contribution in [0.2, 0.25) is 0 Å². The average molecular weight is 440 g/mol. The highest BCUT2D eigenvalue weighted by molar-refractivity contribution is 5.92. The molecule has 1 unspecified atom stereocenters. The zero-order chi connectivity index (χ0) is 22.2. The summed E-state index contributed by atoms with van der Waals surface area (Å²) in [6, 6.07) is 3.76. The van der Waals surface area contributed by atoms with Gasteiger partial charge in [-0.3, -0.25) is 9.89 Å². The van der Waals surface area contributed by atoms with Crippen molar-refractivity contribution in [2.24, 2.45) is 17.6 Å². The Morgan fingerprint density at radius 1 is 1.25 bits per heavy atom. The molecular formula is C24H30FN5O2. The van der Waals surface area contributed by atoms with Crippen molar-refractivity contribution >= 4 is 16.9 Å². The van der Waals surface area contributed by atoms with Crippen LogP contribution in [-0.4, -0.2) is 39.3 Å². The molecule has 0 bridgehead atoms. The lowest BCUT2D eigenvalue weighted by atomic mass is 9.73. The van der Waals surface area contributed by atoms with E-state index in [0.29, 0.717) is 40.6 Å². The van der Waals surface area contributed by atoms with Crippen molar-refractivity contribution in [3.63, 3.8) is 0 Å². The van der Waals surface area contributed by atoms with E-state index in [4.69, 9.17) is 15.5 Å². The van der Waals surface area contributed by atoms with E-state index < -0.39 is 5.91 Å². The van der Waals surface area contributed by atoms with Crippen LogP contribution >= 0.6 is 0 Å². The third-order valence-electron chi connectivity index (χ3n) is 7.32. The lowest BCUT2D eigenvalue weighted by molar-refractivity contribution is 0.0795. The second-order valence-corrected chi connectivity index (χ2v) is 9.46. The van der Waals surface area contributed by atoms with Gasteiger partial charge in [-0.25, -0.2) is 9.37 Å². The fraction of sp³-hybridized carbons (Fsp3) is 0.542. The fourth-order valence-corrected chi connectivity index (χ4v) is 5.50. The minimum absolute atomic E-state index is 0.0549. The number of hydrogen-bond acceptors (Lipinski definition) is 4. The number of aromatic amines is 2. The molecule has 32 heavy (non-hydrogen) atoms. The molecule has 0 radical (unpaired) electrons. The first-order valence-electron chi connectivity index (χ1n) is 11.6. The predicted molar refractivity (Wildman–Crippen MR) is 119 cm³/mol. The number of imidazole rings is 1. The fourth-order valence-electron chi connectivity index (χ4n) is 5.50. The number of fused-ring (bicyclic) bond motifs is 1. The molecule has 1 aliphatic carbocycles. The number of nitrogens with zero attached hydrogens (tertiary/aromatic N) is 2. The number of amides is 1. The number of ether oxygens (including phenoxy) is 1. The lowest BCUT2D eigenvalue weighted by Gasteiger charge is -2.31. The van der Waals surface area contributed by atoms with Crippen molar-refractivity contribution < 1.29 is 13.9 Å². The maximum absolute atomic E-state index is 15.5. The molecule has 1 saturated carbocycles. The molecule has 2 aliphatic rings. The van der Waals surface area contributed by atoms with Gasteiger partial charge < -0.3 is 15.5 Å². The van der Waals surface area contributed by atoms with Gasteiger partial charge in [-0.05, 0) is 49.1 Å². The summed E-state index contributed by atoms with van der Waals surface area (Å²) in [5, 5.41) is 6.84. The number of aromatic nitrogens is 4. The molecule has 4 N–H and O–H groups in total. The van der Waals surface area contributed by atoms with Crippen molar-refractivity contribution in [3.05, 3.63) is 46.8 Å². The second-order valence-electron chi connectivity index (χ2n) is 9.46. The number of nitrogens with two attached hydrogens (primary N) is 1. The molecule has 1 aliphatic heterocycles. The highest BCUT2D eigenvalue weighted by atomic mass is 19.1. The number of H-pyrrole nitrogens is 2. The molecule has 170 valence electrons. The molecular weight excluding hydrogens is 409 g/mol. The first kappa shape index (κ1) is 21.1. The number of benzene rings is 1. The second kappa shape index (κ2) is 8.65. The van der Waals surface area contributed by atoms with E-state index in [1.165, 1.54) is 0 Å². The van der Waals surface area contributed by atoms with Gasteiger partial charge in [-0.1, -0.05) is 25.8 Å². The predicted octanol–water partition coefficient (Wildman–Crippen LogP) is 4.38. The van der Waals surface area contributed by atoms with E-state index in [1.807, 2.05) is 12.1 Å². The Hall–Kier alpha value is -2.74. The number of primary amides is 1. The van der Waals surface area contributed by atoms with Crippen molar-refractivity contribution in [2.45, 2.75) is 57.3 Å². The summed E-state index contributed by atoms with van der Waals surface area (Å²) in [5.41, 5.74) is 8.33. The van der Waals surface area contributed by atoms with Gasteiger partial charge in [0.15, 0.2) is 5.82 Å². The Morgan fingerprint density at radius 3 is 2.78 bits per heavy atom. The van der Waals surface area contributed by atoms with E-state index in [0.717, 1.165) is 50.7 Å². The summed E-state index contributed by atoms with van der Waals surface area (Å²) < 4.78 is 21.1. The van der Waals surface area contributed by atoms with Crippen LogP contribution in [0.1, 0.15) is 84.7 Å². The highest BCUT2D eigenvalue weighted by Gasteiger charge is 2.34. The van der Waals surface area contributed by atoms with Gasteiger partial charge in [0.1, 0.15) is 17.0 Å². The zero-order valence-corrected chi connectivity index (χ0v) is 18.4. The van der Waals surface area contributed by atoms with Crippen LogP contribution in [0.3, 0.4) is 0 Å². The van der Waals surface area contributed by atoms with Gasteiger partial charge in [0.05, 0.1) is 18.3 Å². The standard InChI is InChI=1S/C24H30FN5O2/c1-13-4-6-14(7-5-13)19(17-11-27-30-21(17)23(26)31)24-28-18-9-8-16(20(25)22(18)29-24)15-3-2-10-32-12-15/h8-9,11,13-15,19H,2-7,10,12H2,1H3,(H2,26,31)(H,27,30)(H,28,29)/t13?,14?,15?,19-/m0/s1. The van der Waals surface area contributed by atoms with Crippen molar-refractivity contribution in [1.29, 1.82) is 0 Å². The number of nitrogens with one attached hydrogen (secondary N) is 2. The molecule has 0 spiro atoms. The van der Waals surface area contributed by atoms with Gasteiger partial charge in [0.2, 0.25) is 0 Å². The first-order valence-corrected chi connectivity index (χ1v) is 11.6. The molecule has 1 saturated heterocycles. The van der Waals surface area contributed by atoms with E-state index in [9.17, 15) is 4.79 Å². The Balaban J connectivity index is 1.57. The Labute approximate surface area is 186 Å². The van der Waals surface area contributed by atoms with Crippen LogP contribution in [0, 0.1) is 17.7 Å². The minimum Gasteiger partial charge on any atom is -0.381 e. The maximum atomic E-state index is 15.5. The summed E-state index contributed by atoms with van der Waals surface area (Å²) in [7, 11) is 0. The summed E-state index contributed by atoms with van der Waals surface area (Å²) in [5.74, 6) is 0.653. The number of halogens is 1. The number of rotatable bonds is 5. The average Bonchev–Trinajstić information content (AvgIpc) is 3.44. The Bertz CT molecular complexity index is 1110. The number of carbonyl (C=O) groups is 1. The molecule has 5 rings (SSSR count). The Morgan fingerprint density at radius 2 is 2.06 bits per heavy atom. The van der Waals surface area contributed by atoms with Crippen LogP contribution in [0.5, 0.6) is 0 Å². The Kier molecular flexibility index (Phi) is 5.71. The molecule has 3 aromatic rings. The molecule has 7 nitrogen and oxygen atoms in total. The van der Waals surface area contributed by atoms with Gasteiger partial charge in [-0.15, -0.1) is 0 Å². The highest BCUT2D eigenvalue weighted by Crippen LogP contribution is 2.42. The van der Waals surface area contributed by atoms with Crippen LogP contribution in [0.4, 0.5) is 4.39 Å². The molecule has 1 amide bonds. The summed E-state index contributed by atoms with van der Waals surface area (Å²) >= 11 is 0. The van der Waals surface area contributed by atoms with Gasteiger partial charge in [0.25, 0.3) is 5.91 Å². The van der Waals surface area contributed by atoms with E-state index in [1.54, 1.807) is 6.20 Å². The number of hydrogen-bond donors (Lipinski definition) is 3. The molecule has 1 aromatic carbocycles. The third-order valence-corrected chi connectivity index (χ3v) is 7.32. The van der Waals surface area contributed by atoms with E-state index in [2.05, 4.69) is 22.1 Å². The minimum atomic E-state index is -0.548. The van der Waals surface area contributed by atoms with Crippen molar-refractivity contribution in [2.75, 3.05) is 13.2 Å². The zero-order valence-electron chi connectivity index (χ0n) is 18.4. The molecule has 2 atom stereocenters. The monoisotopic (exact) mass is 439 g/mol. The summed E-state index contributed by atoms with van der Waals surface area (Å²) in [6.45, 7) is 3.55. The van der Waals surface area contributed by atoms with Gasteiger partial charge in [-0.2, -0.15) is 5.10 Å². The summed E-state index contributed by atoms with van der Waals surface area (Å²) in [4.78, 5) is 20.2. The summed E-state index contributed by atoms with van der Waals surface area (Å²) in [6.07, 6.45) is 7.78. The van der Waals surface area contributed by atoms with E-state index in [-0.39, 0.29) is 23.6 Å². The van der Waals surface area contributed by atoms with Gasteiger partial charge in [0, 0.05) is 24.0 Å².